The number of hydroxylamine groups is 1. The first-order chi connectivity index (χ1) is 10.9. The number of benzene rings is 2. The van der Waals surface area contributed by atoms with E-state index >= 15 is 0 Å². The van der Waals surface area contributed by atoms with Crippen molar-refractivity contribution in [1.82, 2.24) is 5.48 Å². The molecule has 1 amide bonds. The van der Waals surface area contributed by atoms with E-state index in [0.717, 1.165) is 0 Å². The molecule has 0 atom stereocenters. The normalized spacial score (nSPS) is 11.0. The summed E-state index contributed by atoms with van der Waals surface area (Å²) in [5.41, 5.74) is 2.53. The number of hydrogen-bond donors (Lipinski definition) is 2. The highest BCUT2D eigenvalue weighted by molar-refractivity contribution is 7.92. The number of nitrogens with one attached hydrogen (secondary N) is 2. The molecular weight excluding hydrogens is 340 g/mol. The molecule has 0 bridgehead atoms. The molecular formula is C15H15ClN2O4S. The Bertz CT molecular complexity index is 791. The van der Waals surface area contributed by atoms with E-state index in [9.17, 15) is 13.2 Å². The molecule has 8 heteroatoms. The van der Waals surface area contributed by atoms with Gasteiger partial charge < -0.3 is 0 Å². The quantitative estimate of drug-likeness (QED) is 0.781. The average molecular weight is 355 g/mol. The molecule has 0 aliphatic heterocycles. The first-order valence-electron chi connectivity index (χ1n) is 6.73. The first kappa shape index (κ1) is 17.3. The summed E-state index contributed by atoms with van der Waals surface area (Å²) < 4.78 is 27.2. The van der Waals surface area contributed by atoms with Gasteiger partial charge in [0.05, 0.1) is 22.8 Å². The highest BCUT2D eigenvalue weighted by atomic mass is 35.5. The van der Waals surface area contributed by atoms with Crippen LogP contribution in [-0.4, -0.2) is 20.9 Å². The number of anilines is 1. The standard InChI is InChI=1S/C15H15ClN2O4S/c1-2-22-17-15(19)13-5-3-4-6-14(13)18-23(20,21)12-9-7-11(16)8-10-12/h3-10,18H,2H2,1H3,(H,17,19). The van der Waals surface area contributed by atoms with Gasteiger partial charge in [-0.05, 0) is 43.3 Å². The van der Waals surface area contributed by atoms with Crippen molar-refractivity contribution in [2.24, 2.45) is 0 Å². The Morgan fingerprint density at radius 1 is 1.13 bits per heavy atom. The molecule has 0 aliphatic rings. The monoisotopic (exact) mass is 354 g/mol. The molecule has 2 N–H and O–H groups in total. The van der Waals surface area contributed by atoms with Crippen molar-refractivity contribution >= 4 is 33.2 Å². The Balaban J connectivity index is 2.29. The molecule has 0 saturated heterocycles. The fourth-order valence-electron chi connectivity index (χ4n) is 1.78. The zero-order chi connectivity index (χ0) is 16.9. The lowest BCUT2D eigenvalue weighted by atomic mass is 10.2. The van der Waals surface area contributed by atoms with Crippen LogP contribution in [0.4, 0.5) is 5.69 Å². The molecule has 0 fully saturated rings. The predicted molar refractivity (Wildman–Crippen MR) is 87.8 cm³/mol. The third-order valence-electron chi connectivity index (χ3n) is 2.85. The Labute approximate surface area is 139 Å². The van der Waals surface area contributed by atoms with Crippen molar-refractivity contribution in [3.05, 3.63) is 59.1 Å². The maximum Gasteiger partial charge on any atom is 0.276 e. The fourth-order valence-corrected chi connectivity index (χ4v) is 2.99. The summed E-state index contributed by atoms with van der Waals surface area (Å²) >= 11 is 5.76. The number of halogens is 1. The maximum absolute atomic E-state index is 12.4. The molecule has 0 spiro atoms. The van der Waals surface area contributed by atoms with Gasteiger partial charge in [0.1, 0.15) is 0 Å². The van der Waals surface area contributed by atoms with Gasteiger partial charge in [-0.2, -0.15) is 0 Å². The number of para-hydroxylation sites is 1. The SMILES string of the molecule is CCONC(=O)c1ccccc1NS(=O)(=O)c1ccc(Cl)cc1. The van der Waals surface area contributed by atoms with E-state index in [1.165, 1.54) is 36.4 Å². The number of sulfonamides is 1. The van der Waals surface area contributed by atoms with Crippen LogP contribution in [0.1, 0.15) is 17.3 Å². The number of amides is 1. The Morgan fingerprint density at radius 3 is 2.43 bits per heavy atom. The van der Waals surface area contributed by atoms with Gasteiger partial charge in [-0.3, -0.25) is 14.4 Å². The summed E-state index contributed by atoms with van der Waals surface area (Å²) in [4.78, 5) is 16.9. The highest BCUT2D eigenvalue weighted by Crippen LogP contribution is 2.21. The van der Waals surface area contributed by atoms with Crippen LogP contribution in [-0.2, 0) is 14.9 Å². The van der Waals surface area contributed by atoms with Gasteiger partial charge in [-0.15, -0.1) is 0 Å². The predicted octanol–water partition coefficient (Wildman–Crippen LogP) is 2.82. The van der Waals surface area contributed by atoms with Crippen molar-refractivity contribution in [3.8, 4) is 0 Å². The third kappa shape index (κ3) is 4.44. The fraction of sp³-hybridized carbons (Fsp3) is 0.133. The van der Waals surface area contributed by atoms with Gasteiger partial charge in [0.2, 0.25) is 0 Å². The van der Waals surface area contributed by atoms with Crippen molar-refractivity contribution < 1.29 is 18.0 Å². The lowest BCUT2D eigenvalue weighted by molar-refractivity contribution is 0.0365. The summed E-state index contributed by atoms with van der Waals surface area (Å²) in [6.07, 6.45) is 0. The lowest BCUT2D eigenvalue weighted by Gasteiger charge is -2.12. The molecule has 2 aromatic carbocycles. The van der Waals surface area contributed by atoms with Gasteiger partial charge in [0.15, 0.2) is 0 Å². The number of hydrogen-bond acceptors (Lipinski definition) is 4. The molecule has 0 heterocycles. The summed E-state index contributed by atoms with van der Waals surface area (Å²) in [5.74, 6) is -0.541. The Morgan fingerprint density at radius 2 is 1.78 bits per heavy atom. The molecule has 0 radical (unpaired) electrons. The molecule has 6 nitrogen and oxygen atoms in total. The largest absolute Gasteiger partial charge is 0.279 e. The topological polar surface area (TPSA) is 84.5 Å². The lowest BCUT2D eigenvalue weighted by Crippen LogP contribution is -2.25. The van der Waals surface area contributed by atoms with Crippen LogP contribution in [0.15, 0.2) is 53.4 Å². The minimum Gasteiger partial charge on any atom is -0.279 e. The van der Waals surface area contributed by atoms with Gasteiger partial charge in [-0.1, -0.05) is 23.7 Å². The van der Waals surface area contributed by atoms with Crippen molar-refractivity contribution in [2.75, 3.05) is 11.3 Å². The molecule has 23 heavy (non-hydrogen) atoms. The van der Waals surface area contributed by atoms with Gasteiger partial charge in [0, 0.05) is 5.02 Å². The van der Waals surface area contributed by atoms with E-state index in [1.54, 1.807) is 19.1 Å². The molecule has 122 valence electrons. The van der Waals surface area contributed by atoms with Crippen LogP contribution in [0.5, 0.6) is 0 Å². The molecule has 0 aliphatic carbocycles. The number of rotatable bonds is 6. The molecule has 0 aromatic heterocycles. The molecule has 0 saturated carbocycles. The van der Waals surface area contributed by atoms with Gasteiger partial charge in [0.25, 0.3) is 15.9 Å². The van der Waals surface area contributed by atoms with E-state index in [1.807, 2.05) is 0 Å². The second kappa shape index (κ2) is 7.45. The highest BCUT2D eigenvalue weighted by Gasteiger charge is 2.18. The summed E-state index contributed by atoms with van der Waals surface area (Å²) in [7, 11) is -3.84. The zero-order valence-corrected chi connectivity index (χ0v) is 13.8. The summed E-state index contributed by atoms with van der Waals surface area (Å²) in [6.45, 7) is 2.01. The van der Waals surface area contributed by atoms with Crippen molar-refractivity contribution in [1.29, 1.82) is 0 Å². The maximum atomic E-state index is 12.4. The first-order valence-corrected chi connectivity index (χ1v) is 8.59. The third-order valence-corrected chi connectivity index (χ3v) is 4.48. The van der Waals surface area contributed by atoms with Crippen LogP contribution >= 0.6 is 11.6 Å². The molecule has 0 unspecified atom stereocenters. The van der Waals surface area contributed by atoms with E-state index in [-0.39, 0.29) is 16.1 Å². The van der Waals surface area contributed by atoms with Gasteiger partial charge >= 0.3 is 0 Å². The van der Waals surface area contributed by atoms with Gasteiger partial charge in [-0.25, -0.2) is 13.9 Å². The van der Waals surface area contributed by atoms with Crippen molar-refractivity contribution in [2.45, 2.75) is 11.8 Å². The van der Waals surface area contributed by atoms with Crippen LogP contribution < -0.4 is 10.2 Å². The van der Waals surface area contributed by atoms with Crippen LogP contribution in [0, 0.1) is 0 Å². The van der Waals surface area contributed by atoms with Crippen LogP contribution in [0.3, 0.4) is 0 Å². The summed E-state index contributed by atoms with van der Waals surface area (Å²) in [5, 5.41) is 0.431. The smallest absolute Gasteiger partial charge is 0.276 e. The summed E-state index contributed by atoms with van der Waals surface area (Å²) in [6, 6.07) is 12.0. The second-order valence-corrected chi connectivity index (χ2v) is 6.59. The van der Waals surface area contributed by atoms with Crippen LogP contribution in [0.25, 0.3) is 0 Å². The Kier molecular flexibility index (Phi) is 5.59. The van der Waals surface area contributed by atoms with E-state index < -0.39 is 15.9 Å². The zero-order valence-electron chi connectivity index (χ0n) is 12.2. The number of carbonyl (C=O) groups excluding carboxylic acids is 1. The van der Waals surface area contributed by atoms with Crippen LogP contribution in [0.2, 0.25) is 5.02 Å². The van der Waals surface area contributed by atoms with E-state index in [4.69, 9.17) is 16.4 Å². The van der Waals surface area contributed by atoms with Crippen molar-refractivity contribution in [3.63, 3.8) is 0 Å². The second-order valence-electron chi connectivity index (χ2n) is 4.47. The van der Waals surface area contributed by atoms with E-state index in [2.05, 4.69) is 10.2 Å². The Hall–Kier alpha value is -2.09. The minimum atomic E-state index is -3.84. The number of carbonyl (C=O) groups is 1. The average Bonchev–Trinajstić information content (AvgIpc) is 2.53. The molecule has 2 rings (SSSR count). The van der Waals surface area contributed by atoms with E-state index in [0.29, 0.717) is 11.6 Å². The molecule has 2 aromatic rings. The minimum absolute atomic E-state index is 0.0434.